The quantitative estimate of drug-likeness (QED) is 0.302. The second-order valence-electron chi connectivity index (χ2n) is 9.79. The first-order valence-electron chi connectivity index (χ1n) is 13.0. The minimum absolute atomic E-state index is 0.0782. The number of imidazole rings is 1. The first kappa shape index (κ1) is 26.0. The van der Waals surface area contributed by atoms with Crippen molar-refractivity contribution in [3.8, 4) is 28.4 Å². The fraction of sp³-hybridized carbons (Fsp3) is 0.258. The first-order valence-corrected chi connectivity index (χ1v) is 13.0. The van der Waals surface area contributed by atoms with Crippen LogP contribution in [0.15, 0.2) is 79.0 Å². The summed E-state index contributed by atoms with van der Waals surface area (Å²) in [6.45, 7) is 2.48. The zero-order valence-corrected chi connectivity index (χ0v) is 22.4. The molecular weight excluding hydrogens is 492 g/mol. The maximum Gasteiger partial charge on any atom is 0.254 e. The topological polar surface area (TPSA) is 85.7 Å². The van der Waals surface area contributed by atoms with Crippen LogP contribution < -0.4 is 14.8 Å². The fourth-order valence-electron chi connectivity index (χ4n) is 4.38. The van der Waals surface area contributed by atoms with Crippen LogP contribution in [-0.4, -0.2) is 53.6 Å². The third kappa shape index (κ3) is 6.29. The molecule has 1 N–H and O–H groups in total. The Bertz CT molecular complexity index is 1460. The van der Waals surface area contributed by atoms with Crippen molar-refractivity contribution in [3.05, 3.63) is 90.1 Å². The van der Waals surface area contributed by atoms with E-state index in [-0.39, 0.29) is 18.4 Å². The molecule has 4 aromatic rings. The normalized spacial score (nSPS) is 12.6. The zero-order valence-electron chi connectivity index (χ0n) is 22.4. The first-order chi connectivity index (χ1) is 18.9. The Labute approximate surface area is 228 Å². The molecule has 5 rings (SSSR count). The van der Waals surface area contributed by atoms with E-state index in [0.717, 1.165) is 35.4 Å². The minimum Gasteiger partial charge on any atom is -0.497 e. The summed E-state index contributed by atoms with van der Waals surface area (Å²) in [7, 11) is 3.19. The molecular formula is C31H32N4O4. The Morgan fingerprint density at radius 1 is 0.974 bits per heavy atom. The molecule has 1 saturated carbocycles. The van der Waals surface area contributed by atoms with Crippen molar-refractivity contribution in [1.82, 2.24) is 14.5 Å². The fourth-order valence-corrected chi connectivity index (χ4v) is 4.38. The molecule has 1 aromatic heterocycles. The molecule has 0 bridgehead atoms. The molecule has 0 aliphatic heterocycles. The number of benzene rings is 3. The standard InChI is InChI=1S/C31H32N4O4/c1-21-7-13-25(14-8-21)35-19-28(23-11-15-26(38-2)16-12-23)32-31(35)33-29(36)20-34(18-22-9-10-22)30(37)24-5-4-6-27(17-24)39-3/h4-8,11-17,19,22H,9-10,18,20H2,1-3H3,(H,32,33,36). The summed E-state index contributed by atoms with van der Waals surface area (Å²) in [5.41, 5.74) is 4.08. The van der Waals surface area contributed by atoms with Crippen LogP contribution in [0.2, 0.25) is 0 Å². The van der Waals surface area contributed by atoms with Gasteiger partial charge in [0.25, 0.3) is 5.91 Å². The summed E-state index contributed by atoms with van der Waals surface area (Å²) in [4.78, 5) is 33.1. The zero-order chi connectivity index (χ0) is 27.4. The Morgan fingerprint density at radius 2 is 1.69 bits per heavy atom. The Morgan fingerprint density at radius 3 is 2.36 bits per heavy atom. The van der Waals surface area contributed by atoms with E-state index in [2.05, 4.69) is 5.32 Å². The molecule has 2 amide bonds. The highest BCUT2D eigenvalue weighted by molar-refractivity contribution is 5.99. The van der Waals surface area contributed by atoms with Crippen LogP contribution >= 0.6 is 0 Å². The highest BCUT2D eigenvalue weighted by atomic mass is 16.5. The lowest BCUT2D eigenvalue weighted by molar-refractivity contribution is -0.117. The second-order valence-corrected chi connectivity index (χ2v) is 9.79. The number of aryl methyl sites for hydroxylation is 1. The van der Waals surface area contributed by atoms with E-state index in [9.17, 15) is 9.59 Å². The van der Waals surface area contributed by atoms with Crippen molar-refractivity contribution in [3.63, 3.8) is 0 Å². The highest BCUT2D eigenvalue weighted by Gasteiger charge is 2.29. The van der Waals surface area contributed by atoms with Crippen molar-refractivity contribution in [2.75, 3.05) is 32.6 Å². The van der Waals surface area contributed by atoms with E-state index in [0.29, 0.717) is 35.4 Å². The summed E-state index contributed by atoms with van der Waals surface area (Å²) in [6, 6.07) is 22.6. The number of hydrogen-bond acceptors (Lipinski definition) is 5. The number of methoxy groups -OCH3 is 2. The molecule has 1 aliphatic rings. The van der Waals surface area contributed by atoms with E-state index < -0.39 is 0 Å². The molecule has 3 aromatic carbocycles. The molecule has 1 heterocycles. The number of carbonyl (C=O) groups is 2. The summed E-state index contributed by atoms with van der Waals surface area (Å²) < 4.78 is 12.4. The smallest absolute Gasteiger partial charge is 0.254 e. The van der Waals surface area contributed by atoms with Crippen LogP contribution in [0, 0.1) is 12.8 Å². The molecule has 0 atom stereocenters. The van der Waals surface area contributed by atoms with E-state index in [1.54, 1.807) is 43.4 Å². The van der Waals surface area contributed by atoms with Crippen LogP contribution in [0.3, 0.4) is 0 Å². The number of nitrogens with zero attached hydrogens (tertiary/aromatic N) is 3. The molecule has 0 radical (unpaired) electrons. The summed E-state index contributed by atoms with van der Waals surface area (Å²) >= 11 is 0. The van der Waals surface area contributed by atoms with Gasteiger partial charge in [-0.2, -0.15) is 0 Å². The molecule has 8 nitrogen and oxygen atoms in total. The van der Waals surface area contributed by atoms with Gasteiger partial charge in [-0.15, -0.1) is 0 Å². The van der Waals surface area contributed by atoms with Crippen LogP contribution in [-0.2, 0) is 4.79 Å². The van der Waals surface area contributed by atoms with Gasteiger partial charge in [0.15, 0.2) is 0 Å². The highest BCUT2D eigenvalue weighted by Crippen LogP contribution is 2.31. The molecule has 1 aliphatic carbocycles. The number of hydrogen-bond donors (Lipinski definition) is 1. The van der Waals surface area contributed by atoms with E-state index in [1.807, 2.05) is 66.2 Å². The van der Waals surface area contributed by atoms with Crippen LogP contribution in [0.4, 0.5) is 5.95 Å². The number of aromatic nitrogens is 2. The summed E-state index contributed by atoms with van der Waals surface area (Å²) in [5.74, 6) is 1.65. The van der Waals surface area contributed by atoms with Gasteiger partial charge in [0.2, 0.25) is 11.9 Å². The van der Waals surface area contributed by atoms with Gasteiger partial charge in [0.1, 0.15) is 18.0 Å². The van der Waals surface area contributed by atoms with Crippen molar-refractivity contribution in [2.24, 2.45) is 5.92 Å². The predicted molar refractivity (Wildman–Crippen MR) is 151 cm³/mol. The Hall–Kier alpha value is -4.59. The number of rotatable bonds is 10. The average molecular weight is 525 g/mol. The van der Waals surface area contributed by atoms with Crippen molar-refractivity contribution >= 4 is 17.8 Å². The van der Waals surface area contributed by atoms with Gasteiger partial charge in [-0.3, -0.25) is 19.5 Å². The van der Waals surface area contributed by atoms with Crippen molar-refractivity contribution < 1.29 is 19.1 Å². The van der Waals surface area contributed by atoms with Crippen LogP contribution in [0.1, 0.15) is 28.8 Å². The lowest BCUT2D eigenvalue weighted by Gasteiger charge is -2.22. The van der Waals surface area contributed by atoms with Gasteiger partial charge in [-0.05, 0) is 80.3 Å². The van der Waals surface area contributed by atoms with Gasteiger partial charge in [0.05, 0.1) is 19.9 Å². The Kier molecular flexibility index (Phi) is 7.63. The Balaban J connectivity index is 1.40. The summed E-state index contributed by atoms with van der Waals surface area (Å²) in [5, 5.41) is 2.96. The third-order valence-electron chi connectivity index (χ3n) is 6.77. The molecule has 0 saturated heterocycles. The van der Waals surface area contributed by atoms with E-state index in [1.165, 1.54) is 0 Å². The van der Waals surface area contributed by atoms with Gasteiger partial charge >= 0.3 is 0 Å². The number of anilines is 1. The SMILES string of the molecule is COc1ccc(-c2cn(-c3ccc(C)cc3)c(NC(=O)CN(CC3CC3)C(=O)c3cccc(OC)c3)n2)cc1. The molecule has 0 spiro atoms. The molecule has 39 heavy (non-hydrogen) atoms. The van der Waals surface area contributed by atoms with Crippen LogP contribution in [0.25, 0.3) is 16.9 Å². The number of amides is 2. The van der Waals surface area contributed by atoms with Crippen LogP contribution in [0.5, 0.6) is 11.5 Å². The second kappa shape index (κ2) is 11.4. The maximum atomic E-state index is 13.4. The van der Waals surface area contributed by atoms with Crippen molar-refractivity contribution in [2.45, 2.75) is 19.8 Å². The third-order valence-corrected chi connectivity index (χ3v) is 6.77. The number of carbonyl (C=O) groups excluding carboxylic acids is 2. The maximum absolute atomic E-state index is 13.4. The van der Waals surface area contributed by atoms with Gasteiger partial charge in [-0.25, -0.2) is 4.98 Å². The summed E-state index contributed by atoms with van der Waals surface area (Å²) in [6.07, 6.45) is 4.02. The number of nitrogens with one attached hydrogen (secondary N) is 1. The molecule has 8 heteroatoms. The lowest BCUT2D eigenvalue weighted by Crippen LogP contribution is -2.39. The largest absolute Gasteiger partial charge is 0.497 e. The molecule has 1 fully saturated rings. The van der Waals surface area contributed by atoms with Gasteiger partial charge in [0, 0.05) is 29.6 Å². The molecule has 0 unspecified atom stereocenters. The predicted octanol–water partition coefficient (Wildman–Crippen LogP) is 5.36. The molecule has 200 valence electrons. The van der Waals surface area contributed by atoms with Gasteiger partial charge < -0.3 is 14.4 Å². The number of ether oxygens (including phenoxy) is 2. The monoisotopic (exact) mass is 524 g/mol. The minimum atomic E-state index is -0.313. The average Bonchev–Trinajstić information content (AvgIpc) is 3.69. The lowest BCUT2D eigenvalue weighted by atomic mass is 10.1. The van der Waals surface area contributed by atoms with E-state index >= 15 is 0 Å². The van der Waals surface area contributed by atoms with E-state index in [4.69, 9.17) is 14.5 Å². The van der Waals surface area contributed by atoms with Crippen molar-refractivity contribution in [1.29, 1.82) is 0 Å². The van der Waals surface area contributed by atoms with Gasteiger partial charge in [-0.1, -0.05) is 23.8 Å².